The number of rotatable bonds is 6. The van der Waals surface area contributed by atoms with Gasteiger partial charge in [-0.1, -0.05) is 6.07 Å². The average Bonchev–Trinajstić information content (AvgIpc) is 2.69. The van der Waals surface area contributed by atoms with Crippen molar-refractivity contribution in [2.45, 2.75) is 13.0 Å². The lowest BCUT2D eigenvalue weighted by atomic mass is 10.2. The van der Waals surface area contributed by atoms with Crippen LogP contribution in [-0.4, -0.2) is 58.4 Å². The summed E-state index contributed by atoms with van der Waals surface area (Å²) in [6.45, 7) is 7.07. The van der Waals surface area contributed by atoms with Crippen LogP contribution < -0.4 is 10.2 Å². The van der Waals surface area contributed by atoms with Gasteiger partial charge in [0.25, 0.3) is 0 Å². The van der Waals surface area contributed by atoms with Crippen LogP contribution >= 0.6 is 15.9 Å². The van der Waals surface area contributed by atoms with Gasteiger partial charge in [0.15, 0.2) is 0 Å². The first-order chi connectivity index (χ1) is 10.2. The second-order valence-electron chi connectivity index (χ2n) is 5.60. The molecular weight excluding hydrogens is 330 g/mol. The molecule has 5 heteroatoms. The molecule has 0 amide bonds. The predicted octanol–water partition coefficient (Wildman–Crippen LogP) is 2.33. The molecule has 2 rings (SSSR count). The fourth-order valence-electron chi connectivity index (χ4n) is 2.61. The number of benzene rings is 1. The molecule has 0 aromatic heterocycles. The molecule has 0 bridgehead atoms. The fourth-order valence-corrected chi connectivity index (χ4v) is 3.29. The molecule has 0 spiro atoms. The minimum absolute atomic E-state index is 0.751. The summed E-state index contributed by atoms with van der Waals surface area (Å²) in [6.07, 6.45) is 1.23. The molecule has 1 fully saturated rings. The van der Waals surface area contributed by atoms with Crippen LogP contribution in [0.5, 0.6) is 0 Å². The first-order valence-corrected chi connectivity index (χ1v) is 8.41. The third kappa shape index (κ3) is 5.25. The average molecular weight is 356 g/mol. The van der Waals surface area contributed by atoms with Gasteiger partial charge >= 0.3 is 0 Å². The number of likely N-dealkylation sites (N-methyl/N-ethyl adjacent to an activating group) is 1. The summed E-state index contributed by atoms with van der Waals surface area (Å²) >= 11 is 3.74. The van der Waals surface area contributed by atoms with E-state index in [4.69, 9.17) is 4.74 Å². The first kappa shape index (κ1) is 16.7. The molecule has 21 heavy (non-hydrogen) atoms. The second kappa shape index (κ2) is 8.73. The number of halogens is 1. The molecule has 0 atom stereocenters. The largest absolute Gasteiger partial charge is 0.383 e. The molecule has 118 valence electrons. The Morgan fingerprint density at radius 1 is 1.24 bits per heavy atom. The van der Waals surface area contributed by atoms with Gasteiger partial charge in [-0.25, -0.2) is 0 Å². The Labute approximate surface area is 136 Å². The number of nitrogens with zero attached hydrogens (tertiary/aromatic N) is 2. The van der Waals surface area contributed by atoms with E-state index in [0.717, 1.165) is 39.3 Å². The van der Waals surface area contributed by atoms with Gasteiger partial charge in [0.05, 0.1) is 12.3 Å². The van der Waals surface area contributed by atoms with Crippen molar-refractivity contribution in [1.29, 1.82) is 0 Å². The van der Waals surface area contributed by atoms with Crippen LogP contribution in [0.25, 0.3) is 0 Å². The number of methoxy groups -OCH3 is 1. The monoisotopic (exact) mass is 355 g/mol. The summed E-state index contributed by atoms with van der Waals surface area (Å²) in [7, 11) is 3.93. The van der Waals surface area contributed by atoms with E-state index in [9.17, 15) is 0 Å². The van der Waals surface area contributed by atoms with Gasteiger partial charge in [-0.05, 0) is 53.6 Å². The lowest BCUT2D eigenvalue weighted by molar-refractivity contribution is 0.199. The van der Waals surface area contributed by atoms with Crippen molar-refractivity contribution in [3.05, 3.63) is 28.2 Å². The SMILES string of the molecule is COCCNCc1ccc(N2CCCN(C)CC2)c(Br)c1. The van der Waals surface area contributed by atoms with Gasteiger partial charge < -0.3 is 19.9 Å². The minimum Gasteiger partial charge on any atom is -0.383 e. The Morgan fingerprint density at radius 2 is 2.10 bits per heavy atom. The Bertz CT molecular complexity index is 442. The zero-order valence-electron chi connectivity index (χ0n) is 13.1. The van der Waals surface area contributed by atoms with E-state index in [1.807, 2.05) is 0 Å². The number of hydrogen-bond donors (Lipinski definition) is 1. The molecule has 0 saturated carbocycles. The van der Waals surface area contributed by atoms with Crippen molar-refractivity contribution in [3.63, 3.8) is 0 Å². The van der Waals surface area contributed by atoms with Crippen molar-refractivity contribution in [3.8, 4) is 0 Å². The second-order valence-corrected chi connectivity index (χ2v) is 6.45. The Kier molecular flexibility index (Phi) is 6.96. The van der Waals surface area contributed by atoms with E-state index in [-0.39, 0.29) is 0 Å². The molecule has 1 aromatic rings. The van der Waals surface area contributed by atoms with Crippen molar-refractivity contribution in [1.82, 2.24) is 10.2 Å². The van der Waals surface area contributed by atoms with Crippen LogP contribution in [0.15, 0.2) is 22.7 Å². The van der Waals surface area contributed by atoms with Gasteiger partial charge in [-0.15, -0.1) is 0 Å². The van der Waals surface area contributed by atoms with Crippen LogP contribution in [-0.2, 0) is 11.3 Å². The summed E-state index contributed by atoms with van der Waals surface area (Å²) in [4.78, 5) is 4.89. The first-order valence-electron chi connectivity index (χ1n) is 7.62. The third-order valence-electron chi connectivity index (χ3n) is 3.88. The summed E-state index contributed by atoms with van der Waals surface area (Å²) in [5.41, 5.74) is 2.61. The van der Waals surface area contributed by atoms with Crippen molar-refractivity contribution < 1.29 is 4.74 Å². The molecule has 1 aromatic carbocycles. The molecule has 1 N–H and O–H groups in total. The van der Waals surface area contributed by atoms with E-state index >= 15 is 0 Å². The standard InChI is InChI=1S/C16H26BrN3O/c1-19-7-3-8-20(10-9-19)16-5-4-14(12-15(16)17)13-18-6-11-21-2/h4-5,12,18H,3,6-11,13H2,1-2H3. The maximum atomic E-state index is 5.04. The lowest BCUT2D eigenvalue weighted by Gasteiger charge is -2.24. The highest BCUT2D eigenvalue weighted by Gasteiger charge is 2.14. The van der Waals surface area contributed by atoms with E-state index in [1.54, 1.807) is 7.11 Å². The zero-order valence-corrected chi connectivity index (χ0v) is 14.7. The molecular formula is C16H26BrN3O. The number of nitrogens with one attached hydrogen (secondary N) is 1. The molecule has 1 saturated heterocycles. The maximum absolute atomic E-state index is 5.04. The van der Waals surface area contributed by atoms with Gasteiger partial charge in [0, 0.05) is 44.3 Å². The molecule has 1 aliphatic rings. The van der Waals surface area contributed by atoms with Crippen LogP contribution in [0.3, 0.4) is 0 Å². The predicted molar refractivity (Wildman–Crippen MR) is 92.1 cm³/mol. The van der Waals surface area contributed by atoms with Crippen LogP contribution in [0.2, 0.25) is 0 Å². The van der Waals surface area contributed by atoms with Crippen LogP contribution in [0.1, 0.15) is 12.0 Å². The molecule has 4 nitrogen and oxygen atoms in total. The molecule has 1 heterocycles. The van der Waals surface area contributed by atoms with Crippen LogP contribution in [0, 0.1) is 0 Å². The molecule has 0 aliphatic carbocycles. The minimum atomic E-state index is 0.751. The highest BCUT2D eigenvalue weighted by molar-refractivity contribution is 9.10. The molecule has 0 radical (unpaired) electrons. The molecule has 1 aliphatic heterocycles. The van der Waals surface area contributed by atoms with E-state index in [0.29, 0.717) is 0 Å². The highest BCUT2D eigenvalue weighted by Crippen LogP contribution is 2.28. The fraction of sp³-hybridized carbons (Fsp3) is 0.625. The van der Waals surface area contributed by atoms with E-state index in [2.05, 4.69) is 56.3 Å². The van der Waals surface area contributed by atoms with Gasteiger partial charge in [0.2, 0.25) is 0 Å². The van der Waals surface area contributed by atoms with Gasteiger partial charge in [0.1, 0.15) is 0 Å². The van der Waals surface area contributed by atoms with Crippen LogP contribution in [0.4, 0.5) is 5.69 Å². The van der Waals surface area contributed by atoms with Crippen molar-refractivity contribution in [2.75, 3.05) is 58.4 Å². The third-order valence-corrected chi connectivity index (χ3v) is 4.52. The Hall–Kier alpha value is -0.620. The summed E-state index contributed by atoms with van der Waals surface area (Å²) in [5.74, 6) is 0. The normalized spacial score (nSPS) is 17.0. The number of ether oxygens (including phenoxy) is 1. The van der Waals surface area contributed by atoms with Gasteiger partial charge in [-0.2, -0.15) is 0 Å². The van der Waals surface area contributed by atoms with Crippen molar-refractivity contribution >= 4 is 21.6 Å². The van der Waals surface area contributed by atoms with Gasteiger partial charge in [-0.3, -0.25) is 0 Å². The van der Waals surface area contributed by atoms with E-state index in [1.165, 1.54) is 28.7 Å². The maximum Gasteiger partial charge on any atom is 0.0587 e. The highest BCUT2D eigenvalue weighted by atomic mass is 79.9. The summed E-state index contributed by atoms with van der Waals surface area (Å²) < 4.78 is 6.23. The topological polar surface area (TPSA) is 27.7 Å². The zero-order chi connectivity index (χ0) is 15.1. The van der Waals surface area contributed by atoms with Crippen molar-refractivity contribution in [2.24, 2.45) is 0 Å². The van der Waals surface area contributed by atoms with E-state index < -0.39 is 0 Å². The summed E-state index contributed by atoms with van der Waals surface area (Å²) in [5, 5.41) is 3.38. The Morgan fingerprint density at radius 3 is 2.86 bits per heavy atom. The smallest absolute Gasteiger partial charge is 0.0587 e. The summed E-state index contributed by atoms with van der Waals surface area (Å²) in [6, 6.07) is 6.68. The lowest BCUT2D eigenvalue weighted by Crippen LogP contribution is -2.29. The Balaban J connectivity index is 1.95. The molecule has 0 unspecified atom stereocenters. The quantitative estimate of drug-likeness (QED) is 0.792. The number of anilines is 1. The number of hydrogen-bond acceptors (Lipinski definition) is 4.